The number of carbonyl (C=O) groups excluding carboxylic acids is 2. The van der Waals surface area contributed by atoms with Gasteiger partial charge in [0, 0.05) is 16.6 Å². The highest BCUT2D eigenvalue weighted by Crippen LogP contribution is 2.29. The predicted octanol–water partition coefficient (Wildman–Crippen LogP) is 3.69. The predicted molar refractivity (Wildman–Crippen MR) is 121 cm³/mol. The zero-order valence-corrected chi connectivity index (χ0v) is 19.2. The van der Waals surface area contributed by atoms with Crippen molar-refractivity contribution in [3.63, 3.8) is 0 Å². The Hall–Kier alpha value is -3.44. The number of rotatable bonds is 8. The SMILES string of the molecule is CCOC(=O)c1ccc(S(=O)(=O)Nc2cc(C(=O)Nc3ncc(C)s3)ccc2OC)cc1. The standard InChI is InChI=1S/C21H21N3O6S2/c1-4-30-20(26)14-5-8-16(9-6-14)32(27,28)24-17-11-15(7-10-18(17)29-3)19(25)23-21-22-12-13(2)31-21/h5-12,24H,4H2,1-3H3,(H,22,23,25). The molecule has 0 saturated carbocycles. The van der Waals surface area contributed by atoms with Gasteiger partial charge in [0.15, 0.2) is 5.13 Å². The number of amides is 1. The Morgan fingerprint density at radius 3 is 2.38 bits per heavy atom. The van der Waals surface area contributed by atoms with Crippen LogP contribution in [0, 0.1) is 6.92 Å². The van der Waals surface area contributed by atoms with Gasteiger partial charge in [0.1, 0.15) is 5.75 Å². The monoisotopic (exact) mass is 475 g/mol. The molecule has 0 fully saturated rings. The van der Waals surface area contributed by atoms with Crippen LogP contribution in [0.15, 0.2) is 53.6 Å². The Labute approximate surface area is 189 Å². The van der Waals surface area contributed by atoms with Crippen LogP contribution in [0.4, 0.5) is 10.8 Å². The van der Waals surface area contributed by atoms with Crippen molar-refractivity contribution in [1.29, 1.82) is 0 Å². The lowest BCUT2D eigenvalue weighted by atomic mass is 10.2. The van der Waals surface area contributed by atoms with Crippen molar-refractivity contribution in [2.24, 2.45) is 0 Å². The fourth-order valence-electron chi connectivity index (χ4n) is 2.70. The molecule has 32 heavy (non-hydrogen) atoms. The van der Waals surface area contributed by atoms with E-state index < -0.39 is 21.9 Å². The highest BCUT2D eigenvalue weighted by Gasteiger charge is 2.19. The first-order valence-corrected chi connectivity index (χ1v) is 11.7. The van der Waals surface area contributed by atoms with Crippen molar-refractivity contribution in [2.45, 2.75) is 18.7 Å². The van der Waals surface area contributed by atoms with E-state index in [4.69, 9.17) is 9.47 Å². The van der Waals surface area contributed by atoms with Crippen molar-refractivity contribution < 1.29 is 27.5 Å². The molecule has 0 bridgehead atoms. The van der Waals surface area contributed by atoms with Crippen molar-refractivity contribution in [3.8, 4) is 5.75 Å². The van der Waals surface area contributed by atoms with Crippen molar-refractivity contribution in [2.75, 3.05) is 23.8 Å². The van der Waals surface area contributed by atoms with Crippen LogP contribution in [-0.4, -0.2) is 39.0 Å². The summed E-state index contributed by atoms with van der Waals surface area (Å²) in [6.45, 7) is 3.76. The molecule has 0 radical (unpaired) electrons. The molecule has 0 saturated heterocycles. The number of sulfonamides is 1. The van der Waals surface area contributed by atoms with Crippen molar-refractivity contribution >= 4 is 44.1 Å². The smallest absolute Gasteiger partial charge is 0.338 e. The number of carbonyl (C=O) groups is 2. The molecule has 0 aliphatic carbocycles. The molecule has 0 unspecified atom stereocenters. The summed E-state index contributed by atoms with van der Waals surface area (Å²) in [5.41, 5.74) is 0.540. The Morgan fingerprint density at radius 2 is 1.78 bits per heavy atom. The summed E-state index contributed by atoms with van der Waals surface area (Å²) >= 11 is 1.32. The summed E-state index contributed by atoms with van der Waals surface area (Å²) in [4.78, 5) is 29.3. The minimum atomic E-state index is -4.02. The van der Waals surface area contributed by atoms with Gasteiger partial charge in [-0.1, -0.05) is 0 Å². The number of thiazole rings is 1. The average molecular weight is 476 g/mol. The number of anilines is 2. The second-order valence-corrected chi connectivity index (χ2v) is 9.41. The van der Waals surface area contributed by atoms with Gasteiger partial charge in [-0.25, -0.2) is 18.2 Å². The van der Waals surface area contributed by atoms with E-state index in [0.29, 0.717) is 5.13 Å². The molecule has 11 heteroatoms. The molecule has 3 aromatic rings. The summed E-state index contributed by atoms with van der Waals surface area (Å²) in [6, 6.07) is 9.70. The second kappa shape index (κ2) is 9.79. The third-order valence-corrected chi connectivity index (χ3v) is 6.43. The average Bonchev–Trinajstić information content (AvgIpc) is 3.18. The lowest BCUT2D eigenvalue weighted by Gasteiger charge is -2.13. The van der Waals surface area contributed by atoms with Gasteiger partial charge < -0.3 is 9.47 Å². The molecule has 1 aromatic heterocycles. The van der Waals surface area contributed by atoms with Gasteiger partial charge in [0.25, 0.3) is 15.9 Å². The Bertz CT molecular complexity index is 1240. The summed E-state index contributed by atoms with van der Waals surface area (Å²) in [5.74, 6) is -0.750. The van der Waals surface area contributed by atoms with Crippen LogP contribution in [0.25, 0.3) is 0 Å². The molecule has 1 amide bonds. The molecule has 0 atom stereocenters. The molecule has 168 valence electrons. The second-order valence-electron chi connectivity index (χ2n) is 6.50. The van der Waals surface area contributed by atoms with E-state index >= 15 is 0 Å². The van der Waals surface area contributed by atoms with E-state index in [-0.39, 0.29) is 34.1 Å². The van der Waals surface area contributed by atoms with Crippen LogP contribution in [-0.2, 0) is 14.8 Å². The van der Waals surface area contributed by atoms with Gasteiger partial charge in [-0.05, 0) is 56.3 Å². The van der Waals surface area contributed by atoms with Crippen LogP contribution < -0.4 is 14.8 Å². The highest BCUT2D eigenvalue weighted by atomic mass is 32.2. The van der Waals surface area contributed by atoms with Gasteiger partial charge >= 0.3 is 5.97 Å². The number of aromatic nitrogens is 1. The number of methoxy groups -OCH3 is 1. The summed E-state index contributed by atoms with van der Waals surface area (Å²) in [6.07, 6.45) is 1.64. The van der Waals surface area contributed by atoms with Gasteiger partial charge in [0.2, 0.25) is 0 Å². The molecular formula is C21H21N3O6S2. The zero-order valence-electron chi connectivity index (χ0n) is 17.5. The lowest BCUT2D eigenvalue weighted by molar-refractivity contribution is 0.0526. The summed E-state index contributed by atoms with van der Waals surface area (Å²) in [7, 11) is -2.63. The molecule has 0 spiro atoms. The van der Waals surface area contributed by atoms with Gasteiger partial charge in [0.05, 0.1) is 29.9 Å². The Balaban J connectivity index is 1.84. The first-order valence-electron chi connectivity index (χ1n) is 9.45. The zero-order chi connectivity index (χ0) is 23.3. The van der Waals surface area contributed by atoms with Crippen LogP contribution >= 0.6 is 11.3 Å². The quantitative estimate of drug-likeness (QED) is 0.476. The first kappa shape index (κ1) is 23.2. The Morgan fingerprint density at radius 1 is 1.09 bits per heavy atom. The van der Waals surface area contributed by atoms with E-state index in [1.807, 2.05) is 6.92 Å². The normalized spacial score (nSPS) is 11.0. The maximum Gasteiger partial charge on any atom is 0.338 e. The maximum atomic E-state index is 12.9. The minimum Gasteiger partial charge on any atom is -0.495 e. The van der Waals surface area contributed by atoms with E-state index in [9.17, 15) is 18.0 Å². The van der Waals surface area contributed by atoms with Crippen LogP contribution in [0.1, 0.15) is 32.5 Å². The topological polar surface area (TPSA) is 124 Å². The van der Waals surface area contributed by atoms with E-state index in [1.165, 1.54) is 60.9 Å². The van der Waals surface area contributed by atoms with Crippen LogP contribution in [0.2, 0.25) is 0 Å². The summed E-state index contributed by atoms with van der Waals surface area (Å²) < 4.78 is 38.3. The number of nitrogens with zero attached hydrogens (tertiary/aromatic N) is 1. The number of hydrogen-bond acceptors (Lipinski definition) is 8. The van der Waals surface area contributed by atoms with Crippen LogP contribution in [0.5, 0.6) is 5.75 Å². The molecule has 0 aliphatic rings. The van der Waals surface area contributed by atoms with Gasteiger partial charge in [-0.15, -0.1) is 11.3 Å². The third-order valence-electron chi connectivity index (χ3n) is 4.22. The maximum absolute atomic E-state index is 12.9. The van der Waals surface area contributed by atoms with Crippen molar-refractivity contribution in [3.05, 3.63) is 64.7 Å². The first-order chi connectivity index (χ1) is 15.2. The lowest BCUT2D eigenvalue weighted by Crippen LogP contribution is -2.16. The van der Waals surface area contributed by atoms with Crippen molar-refractivity contribution in [1.82, 2.24) is 4.98 Å². The molecule has 2 aromatic carbocycles. The molecule has 1 heterocycles. The van der Waals surface area contributed by atoms with E-state index in [1.54, 1.807) is 13.1 Å². The van der Waals surface area contributed by atoms with E-state index in [0.717, 1.165) is 4.88 Å². The molecule has 9 nitrogen and oxygen atoms in total. The fraction of sp³-hybridized carbons (Fsp3) is 0.190. The number of ether oxygens (including phenoxy) is 2. The van der Waals surface area contributed by atoms with Gasteiger partial charge in [-0.2, -0.15) is 0 Å². The minimum absolute atomic E-state index is 0.0688. The molecule has 2 N–H and O–H groups in total. The Kier molecular flexibility index (Phi) is 7.11. The number of benzene rings is 2. The van der Waals surface area contributed by atoms with Crippen LogP contribution in [0.3, 0.4) is 0 Å². The highest BCUT2D eigenvalue weighted by molar-refractivity contribution is 7.92. The number of nitrogens with one attached hydrogen (secondary N) is 2. The van der Waals surface area contributed by atoms with Gasteiger partial charge in [-0.3, -0.25) is 14.8 Å². The summed E-state index contributed by atoms with van der Waals surface area (Å²) in [5, 5.41) is 3.11. The third kappa shape index (κ3) is 5.42. The fourth-order valence-corrected chi connectivity index (χ4v) is 4.42. The number of aryl methyl sites for hydroxylation is 1. The molecule has 3 rings (SSSR count). The number of hydrogen-bond donors (Lipinski definition) is 2. The molecular weight excluding hydrogens is 454 g/mol. The largest absolute Gasteiger partial charge is 0.495 e. The van der Waals surface area contributed by atoms with E-state index in [2.05, 4.69) is 15.0 Å². The molecule has 0 aliphatic heterocycles. The number of esters is 1.